The predicted octanol–water partition coefficient (Wildman–Crippen LogP) is 1.90. The van der Waals surface area contributed by atoms with E-state index < -0.39 is 0 Å². The van der Waals surface area contributed by atoms with Crippen molar-refractivity contribution < 1.29 is 9.53 Å². The SMILES string of the molecule is O=C(C1CCCNC1)C1CCOC2(CCC2)C1. The summed E-state index contributed by atoms with van der Waals surface area (Å²) < 4.78 is 5.90. The Hall–Kier alpha value is -0.410. The van der Waals surface area contributed by atoms with Gasteiger partial charge in [0.15, 0.2) is 0 Å². The zero-order valence-electron chi connectivity index (χ0n) is 10.5. The van der Waals surface area contributed by atoms with Crippen molar-refractivity contribution in [2.45, 2.75) is 50.5 Å². The topological polar surface area (TPSA) is 38.3 Å². The van der Waals surface area contributed by atoms with Crippen molar-refractivity contribution in [2.24, 2.45) is 11.8 Å². The lowest BCUT2D eigenvalue weighted by atomic mass is 9.69. The molecule has 96 valence electrons. The van der Waals surface area contributed by atoms with Crippen LogP contribution in [0.2, 0.25) is 0 Å². The van der Waals surface area contributed by atoms with Gasteiger partial charge in [0.2, 0.25) is 0 Å². The molecule has 17 heavy (non-hydrogen) atoms. The van der Waals surface area contributed by atoms with Crippen molar-refractivity contribution in [3.63, 3.8) is 0 Å². The first-order chi connectivity index (χ1) is 8.29. The van der Waals surface area contributed by atoms with Crippen molar-refractivity contribution in [3.8, 4) is 0 Å². The van der Waals surface area contributed by atoms with E-state index >= 15 is 0 Å². The number of hydrogen-bond donors (Lipinski definition) is 1. The maximum atomic E-state index is 12.5. The molecule has 0 aromatic carbocycles. The highest BCUT2D eigenvalue weighted by atomic mass is 16.5. The quantitative estimate of drug-likeness (QED) is 0.797. The minimum Gasteiger partial charge on any atom is -0.375 e. The van der Waals surface area contributed by atoms with Crippen LogP contribution in [0.25, 0.3) is 0 Å². The van der Waals surface area contributed by atoms with Crippen LogP contribution in [-0.2, 0) is 9.53 Å². The molecule has 1 N–H and O–H groups in total. The van der Waals surface area contributed by atoms with E-state index in [0.717, 1.165) is 45.4 Å². The lowest BCUT2D eigenvalue weighted by Gasteiger charge is -2.47. The van der Waals surface area contributed by atoms with E-state index in [4.69, 9.17) is 4.74 Å². The van der Waals surface area contributed by atoms with Gasteiger partial charge < -0.3 is 10.1 Å². The van der Waals surface area contributed by atoms with E-state index in [0.29, 0.717) is 5.78 Å². The summed E-state index contributed by atoms with van der Waals surface area (Å²) in [4.78, 5) is 12.5. The van der Waals surface area contributed by atoms with Crippen LogP contribution in [0.1, 0.15) is 44.9 Å². The van der Waals surface area contributed by atoms with Gasteiger partial charge in [-0.2, -0.15) is 0 Å². The first-order valence-corrected chi connectivity index (χ1v) is 7.18. The number of rotatable bonds is 2. The molecule has 3 nitrogen and oxygen atoms in total. The molecule has 0 aromatic rings. The Morgan fingerprint density at radius 1 is 1.18 bits per heavy atom. The molecule has 1 saturated carbocycles. The van der Waals surface area contributed by atoms with Crippen LogP contribution < -0.4 is 5.32 Å². The molecule has 3 heteroatoms. The first kappa shape index (κ1) is 11.7. The van der Waals surface area contributed by atoms with E-state index in [1.807, 2.05) is 0 Å². The van der Waals surface area contributed by atoms with Crippen molar-refractivity contribution in [1.29, 1.82) is 0 Å². The van der Waals surface area contributed by atoms with Gasteiger partial charge in [0, 0.05) is 25.0 Å². The van der Waals surface area contributed by atoms with E-state index in [9.17, 15) is 4.79 Å². The van der Waals surface area contributed by atoms with Crippen LogP contribution >= 0.6 is 0 Å². The molecule has 0 radical (unpaired) electrons. The molecule has 0 amide bonds. The smallest absolute Gasteiger partial charge is 0.140 e. The largest absolute Gasteiger partial charge is 0.375 e. The molecule has 2 atom stereocenters. The van der Waals surface area contributed by atoms with E-state index in [-0.39, 0.29) is 17.4 Å². The van der Waals surface area contributed by atoms with Crippen molar-refractivity contribution >= 4 is 5.78 Å². The van der Waals surface area contributed by atoms with Gasteiger partial charge >= 0.3 is 0 Å². The lowest BCUT2D eigenvalue weighted by molar-refractivity contribution is -0.158. The summed E-state index contributed by atoms with van der Waals surface area (Å²) in [6.07, 6.45) is 7.85. The Balaban J connectivity index is 1.60. The van der Waals surface area contributed by atoms with Gasteiger partial charge in [0.05, 0.1) is 5.60 Å². The van der Waals surface area contributed by atoms with Crippen molar-refractivity contribution in [3.05, 3.63) is 0 Å². The predicted molar refractivity (Wildman–Crippen MR) is 65.9 cm³/mol. The number of nitrogens with one attached hydrogen (secondary N) is 1. The van der Waals surface area contributed by atoms with Crippen LogP contribution in [-0.4, -0.2) is 31.1 Å². The minimum atomic E-state index is 0.112. The van der Waals surface area contributed by atoms with Gasteiger partial charge in [-0.05, 0) is 51.5 Å². The van der Waals surface area contributed by atoms with Crippen LogP contribution in [0, 0.1) is 11.8 Å². The van der Waals surface area contributed by atoms with Gasteiger partial charge in [-0.25, -0.2) is 0 Å². The minimum absolute atomic E-state index is 0.112. The van der Waals surface area contributed by atoms with Crippen LogP contribution in [0.15, 0.2) is 0 Å². The molecule has 2 saturated heterocycles. The Bertz CT molecular complexity index is 293. The van der Waals surface area contributed by atoms with Gasteiger partial charge in [-0.3, -0.25) is 4.79 Å². The molecule has 3 aliphatic rings. The standard InChI is InChI=1S/C14H23NO2/c16-13(12-3-1-7-15-10-12)11-4-8-17-14(9-11)5-2-6-14/h11-12,15H,1-10H2. The number of carbonyl (C=O) groups is 1. The monoisotopic (exact) mass is 237 g/mol. The average Bonchev–Trinajstić information content (AvgIpc) is 2.37. The second-order valence-corrected chi connectivity index (χ2v) is 6.02. The maximum absolute atomic E-state index is 12.5. The number of ketones is 1. The van der Waals surface area contributed by atoms with Crippen LogP contribution in [0.4, 0.5) is 0 Å². The highest BCUT2D eigenvalue weighted by molar-refractivity contribution is 5.84. The molecule has 0 bridgehead atoms. The number of hydrogen-bond acceptors (Lipinski definition) is 3. The third kappa shape index (κ3) is 2.27. The molecule has 2 aliphatic heterocycles. The second-order valence-electron chi connectivity index (χ2n) is 6.02. The highest BCUT2D eigenvalue weighted by Crippen LogP contribution is 2.45. The molecule has 0 aromatic heterocycles. The van der Waals surface area contributed by atoms with Crippen LogP contribution in [0.5, 0.6) is 0 Å². The number of piperidine rings is 1. The summed E-state index contributed by atoms with van der Waals surface area (Å²) in [6, 6.07) is 0. The number of ether oxygens (including phenoxy) is 1. The number of carbonyl (C=O) groups excluding carboxylic acids is 1. The zero-order chi connectivity index (χ0) is 11.7. The first-order valence-electron chi connectivity index (χ1n) is 7.18. The highest BCUT2D eigenvalue weighted by Gasteiger charge is 2.45. The third-order valence-electron chi connectivity index (χ3n) is 4.86. The molecule has 2 unspecified atom stereocenters. The summed E-state index contributed by atoms with van der Waals surface area (Å²) in [5.74, 6) is 1.09. The van der Waals surface area contributed by atoms with E-state index in [1.54, 1.807) is 0 Å². The number of Topliss-reactive ketones (excluding diaryl/α,β-unsaturated/α-hetero) is 1. The van der Waals surface area contributed by atoms with Crippen molar-refractivity contribution in [1.82, 2.24) is 5.32 Å². The normalized spacial score (nSPS) is 36.5. The summed E-state index contributed by atoms with van der Waals surface area (Å²) in [6.45, 7) is 2.79. The molecule has 1 spiro atoms. The molecular weight excluding hydrogens is 214 g/mol. The zero-order valence-corrected chi connectivity index (χ0v) is 10.5. The van der Waals surface area contributed by atoms with Gasteiger partial charge in [-0.1, -0.05) is 0 Å². The van der Waals surface area contributed by atoms with Gasteiger partial charge in [0.25, 0.3) is 0 Å². The Labute approximate surface area is 103 Å². The average molecular weight is 237 g/mol. The summed E-state index contributed by atoms with van der Waals surface area (Å²) in [5, 5.41) is 3.35. The summed E-state index contributed by atoms with van der Waals surface area (Å²) in [7, 11) is 0. The van der Waals surface area contributed by atoms with Crippen molar-refractivity contribution in [2.75, 3.05) is 19.7 Å². The fourth-order valence-electron chi connectivity index (χ4n) is 3.62. The van der Waals surface area contributed by atoms with E-state index in [1.165, 1.54) is 19.3 Å². The Kier molecular flexibility index (Phi) is 3.22. The lowest BCUT2D eigenvalue weighted by Crippen LogP contribution is -2.48. The van der Waals surface area contributed by atoms with Gasteiger partial charge in [0.1, 0.15) is 5.78 Å². The molecule has 3 rings (SSSR count). The van der Waals surface area contributed by atoms with E-state index in [2.05, 4.69) is 5.32 Å². The third-order valence-corrected chi connectivity index (χ3v) is 4.86. The fraction of sp³-hybridized carbons (Fsp3) is 0.929. The maximum Gasteiger partial charge on any atom is 0.140 e. The molecule has 2 heterocycles. The second kappa shape index (κ2) is 4.69. The Morgan fingerprint density at radius 3 is 2.71 bits per heavy atom. The fourth-order valence-corrected chi connectivity index (χ4v) is 3.62. The molecular formula is C14H23NO2. The Morgan fingerprint density at radius 2 is 2.06 bits per heavy atom. The summed E-state index contributed by atoms with van der Waals surface area (Å²) >= 11 is 0. The molecule has 3 fully saturated rings. The molecule has 1 aliphatic carbocycles. The van der Waals surface area contributed by atoms with Crippen LogP contribution in [0.3, 0.4) is 0 Å². The van der Waals surface area contributed by atoms with Gasteiger partial charge in [-0.15, -0.1) is 0 Å². The summed E-state index contributed by atoms with van der Waals surface area (Å²) in [5.41, 5.74) is 0.112.